The topological polar surface area (TPSA) is 113 Å². The van der Waals surface area contributed by atoms with Crippen molar-refractivity contribution in [3.05, 3.63) is 29.8 Å². The summed E-state index contributed by atoms with van der Waals surface area (Å²) in [5.74, 6) is 1.02. The van der Waals surface area contributed by atoms with Crippen LogP contribution < -0.4 is 11.1 Å². The molecule has 1 saturated carbocycles. The average molecular weight is 483 g/mol. The van der Waals surface area contributed by atoms with Crippen molar-refractivity contribution in [2.75, 3.05) is 38.2 Å². The van der Waals surface area contributed by atoms with E-state index in [2.05, 4.69) is 5.32 Å². The first-order valence-electron chi connectivity index (χ1n) is 11.3. The summed E-state index contributed by atoms with van der Waals surface area (Å²) in [6, 6.07) is 5.92. The molecule has 10 heteroatoms. The van der Waals surface area contributed by atoms with Crippen LogP contribution in [-0.4, -0.2) is 73.8 Å². The van der Waals surface area contributed by atoms with Gasteiger partial charge in [0.15, 0.2) is 0 Å². The number of primary amides is 1. The van der Waals surface area contributed by atoms with E-state index in [-0.39, 0.29) is 32.1 Å². The van der Waals surface area contributed by atoms with Crippen molar-refractivity contribution in [3.63, 3.8) is 0 Å². The lowest BCUT2D eigenvalue weighted by Gasteiger charge is -2.35. The molecule has 3 rings (SSSR count). The van der Waals surface area contributed by atoms with Crippen molar-refractivity contribution in [1.82, 2.24) is 14.5 Å². The number of carbonyl (C=O) groups excluding carboxylic acids is 2. The monoisotopic (exact) mass is 482 g/mol. The number of hydrogen-bond donors (Lipinski definition) is 2. The third kappa shape index (κ3) is 6.17. The molecular weight excluding hydrogens is 448 g/mol. The van der Waals surface area contributed by atoms with Gasteiger partial charge in [0, 0.05) is 26.2 Å². The number of rotatable bonds is 8. The van der Waals surface area contributed by atoms with Crippen molar-refractivity contribution < 1.29 is 18.0 Å². The van der Waals surface area contributed by atoms with E-state index in [4.69, 9.17) is 5.73 Å². The van der Waals surface area contributed by atoms with Crippen molar-refractivity contribution in [2.24, 2.45) is 5.73 Å². The zero-order valence-corrected chi connectivity index (χ0v) is 20.3. The van der Waals surface area contributed by atoms with Gasteiger partial charge in [0.2, 0.25) is 15.9 Å². The number of amides is 3. The number of nitrogens with zero attached hydrogens (tertiary/aromatic N) is 2. The van der Waals surface area contributed by atoms with Crippen molar-refractivity contribution in [1.29, 1.82) is 0 Å². The molecule has 8 nitrogen and oxygen atoms in total. The van der Waals surface area contributed by atoms with Crippen LogP contribution in [0, 0.1) is 0 Å². The Morgan fingerprint density at radius 2 is 1.72 bits per heavy atom. The summed E-state index contributed by atoms with van der Waals surface area (Å²) in [5, 5.41) is 2.51. The van der Waals surface area contributed by atoms with Crippen molar-refractivity contribution in [3.8, 4) is 0 Å². The molecule has 0 bridgehead atoms. The molecule has 1 unspecified atom stereocenters. The number of carbonyl (C=O) groups is 2. The van der Waals surface area contributed by atoms with Crippen LogP contribution in [0.15, 0.2) is 29.2 Å². The second kappa shape index (κ2) is 11.4. The molecule has 1 heterocycles. The minimum atomic E-state index is -3.61. The molecule has 1 aromatic rings. The van der Waals surface area contributed by atoms with Crippen LogP contribution in [0.4, 0.5) is 4.79 Å². The van der Waals surface area contributed by atoms with E-state index in [1.165, 1.54) is 42.0 Å². The molecule has 1 aliphatic heterocycles. The number of sulfonamides is 1. The smallest absolute Gasteiger partial charge is 0.312 e. The van der Waals surface area contributed by atoms with Gasteiger partial charge in [-0.3, -0.25) is 4.79 Å². The molecule has 32 heavy (non-hydrogen) atoms. The number of piperazine rings is 1. The number of nitrogens with one attached hydrogen (secondary N) is 1. The van der Waals surface area contributed by atoms with E-state index in [0.29, 0.717) is 23.0 Å². The van der Waals surface area contributed by atoms with E-state index in [0.717, 1.165) is 0 Å². The molecule has 178 valence electrons. The molecule has 0 radical (unpaired) electrons. The molecule has 1 atom stereocenters. The molecule has 2 aliphatic rings. The Labute approximate surface area is 195 Å². The van der Waals surface area contributed by atoms with Gasteiger partial charge in [-0.2, -0.15) is 16.1 Å². The summed E-state index contributed by atoms with van der Waals surface area (Å²) < 4.78 is 27.7. The highest BCUT2D eigenvalue weighted by atomic mass is 32.2. The molecule has 2 fully saturated rings. The molecule has 0 aromatic heterocycles. The first kappa shape index (κ1) is 24.9. The number of hydrogen-bond acceptors (Lipinski definition) is 5. The van der Waals surface area contributed by atoms with Crippen LogP contribution >= 0.6 is 11.8 Å². The summed E-state index contributed by atoms with van der Waals surface area (Å²) in [6.07, 6.45) is 8.51. The van der Waals surface area contributed by atoms with E-state index in [1.54, 1.807) is 28.8 Å². The van der Waals surface area contributed by atoms with Crippen LogP contribution in [0.3, 0.4) is 0 Å². The Kier molecular flexibility index (Phi) is 8.84. The minimum Gasteiger partial charge on any atom is -0.352 e. The summed E-state index contributed by atoms with van der Waals surface area (Å²) in [5.41, 5.74) is 6.44. The van der Waals surface area contributed by atoms with Crippen LogP contribution in [0.25, 0.3) is 0 Å². The van der Waals surface area contributed by atoms with Gasteiger partial charge in [-0.1, -0.05) is 31.4 Å². The fourth-order valence-electron chi connectivity index (χ4n) is 4.53. The van der Waals surface area contributed by atoms with Gasteiger partial charge in [0.05, 0.1) is 4.90 Å². The standard InChI is InChI=1S/C22H34N4O4S2/c1-31-16-11-20(24-22(23)28)21(27)25-12-14-26(15-13-25)32(29,30)19-9-7-18(8-10-19)17-5-3-2-4-6-17/h7-10,17,20H,2-6,11-16H2,1H3,(H3,23,24,28). The van der Waals surface area contributed by atoms with Crippen LogP contribution in [0.5, 0.6) is 0 Å². The Balaban J connectivity index is 1.60. The first-order valence-corrected chi connectivity index (χ1v) is 14.1. The van der Waals surface area contributed by atoms with Gasteiger partial charge < -0.3 is 16.0 Å². The molecule has 1 aliphatic carbocycles. The van der Waals surface area contributed by atoms with Gasteiger partial charge in [-0.05, 0) is 54.9 Å². The van der Waals surface area contributed by atoms with Gasteiger partial charge in [-0.15, -0.1) is 0 Å². The Bertz CT molecular complexity index is 878. The van der Waals surface area contributed by atoms with Gasteiger partial charge >= 0.3 is 6.03 Å². The minimum absolute atomic E-state index is 0.216. The predicted octanol–water partition coefficient (Wildman–Crippen LogP) is 2.36. The van der Waals surface area contributed by atoms with Gasteiger partial charge in [0.25, 0.3) is 0 Å². The van der Waals surface area contributed by atoms with E-state index >= 15 is 0 Å². The highest BCUT2D eigenvalue weighted by Crippen LogP contribution is 2.33. The van der Waals surface area contributed by atoms with Crippen LogP contribution in [0.2, 0.25) is 0 Å². The number of urea groups is 1. The zero-order chi connectivity index (χ0) is 23.1. The zero-order valence-electron chi connectivity index (χ0n) is 18.7. The lowest BCUT2D eigenvalue weighted by molar-refractivity contribution is -0.134. The van der Waals surface area contributed by atoms with Crippen molar-refractivity contribution in [2.45, 2.75) is 55.4 Å². The number of thioether (sulfide) groups is 1. The Hall–Kier alpha value is -1.78. The van der Waals surface area contributed by atoms with Crippen LogP contribution in [0.1, 0.15) is 50.0 Å². The second-order valence-corrected chi connectivity index (χ2v) is 11.4. The maximum atomic E-state index is 13.1. The van der Waals surface area contributed by atoms with Crippen molar-refractivity contribution >= 4 is 33.7 Å². The summed E-state index contributed by atoms with van der Waals surface area (Å²) in [7, 11) is -3.61. The SMILES string of the molecule is CSCCC(NC(N)=O)C(=O)N1CCN(S(=O)(=O)c2ccc(C3CCCCC3)cc2)CC1. The average Bonchev–Trinajstić information content (AvgIpc) is 2.82. The summed E-state index contributed by atoms with van der Waals surface area (Å²) >= 11 is 1.58. The first-order chi connectivity index (χ1) is 15.3. The molecule has 3 amide bonds. The highest BCUT2D eigenvalue weighted by molar-refractivity contribution is 7.98. The Morgan fingerprint density at radius 3 is 2.28 bits per heavy atom. The highest BCUT2D eigenvalue weighted by Gasteiger charge is 2.33. The third-order valence-corrected chi connectivity index (χ3v) is 8.93. The van der Waals surface area contributed by atoms with Crippen LogP contribution in [-0.2, 0) is 14.8 Å². The molecule has 0 spiro atoms. The predicted molar refractivity (Wildman–Crippen MR) is 127 cm³/mol. The lowest BCUT2D eigenvalue weighted by atomic mass is 9.84. The molecule has 1 aromatic carbocycles. The fraction of sp³-hybridized carbons (Fsp3) is 0.636. The quantitative estimate of drug-likeness (QED) is 0.591. The molecule has 1 saturated heterocycles. The lowest BCUT2D eigenvalue weighted by Crippen LogP contribution is -2.56. The maximum absolute atomic E-state index is 13.1. The van der Waals surface area contributed by atoms with E-state index in [1.807, 2.05) is 18.4 Å². The largest absolute Gasteiger partial charge is 0.352 e. The fourth-order valence-corrected chi connectivity index (χ4v) is 6.42. The van der Waals surface area contributed by atoms with E-state index < -0.39 is 22.1 Å². The Morgan fingerprint density at radius 1 is 1.09 bits per heavy atom. The summed E-state index contributed by atoms with van der Waals surface area (Å²) in [4.78, 5) is 26.0. The van der Waals surface area contributed by atoms with E-state index in [9.17, 15) is 18.0 Å². The normalized spacial score (nSPS) is 19.5. The van der Waals surface area contributed by atoms with Gasteiger partial charge in [-0.25, -0.2) is 13.2 Å². The number of benzene rings is 1. The second-order valence-electron chi connectivity index (χ2n) is 8.48. The third-order valence-electron chi connectivity index (χ3n) is 6.37. The van der Waals surface area contributed by atoms with Gasteiger partial charge in [0.1, 0.15) is 6.04 Å². The molecular formula is C22H34N4O4S2. The number of nitrogens with two attached hydrogens (primary N) is 1. The maximum Gasteiger partial charge on any atom is 0.312 e. The summed E-state index contributed by atoms with van der Waals surface area (Å²) in [6.45, 7) is 1.03. The molecule has 3 N–H and O–H groups in total.